The second-order valence-corrected chi connectivity index (χ2v) is 4.27. The van der Waals surface area contributed by atoms with Crippen LogP contribution in [-0.4, -0.2) is 11.9 Å². The molecule has 1 aliphatic rings. The third kappa shape index (κ3) is 3.68. The lowest BCUT2D eigenvalue weighted by Crippen LogP contribution is -2.23. The number of halogens is 2. The summed E-state index contributed by atoms with van der Waals surface area (Å²) in [5, 5.41) is 2.77. The van der Waals surface area contributed by atoms with Crippen LogP contribution in [0.1, 0.15) is 19.3 Å². The van der Waals surface area contributed by atoms with E-state index >= 15 is 0 Å². The van der Waals surface area contributed by atoms with Crippen LogP contribution in [0.25, 0.3) is 0 Å². The Morgan fingerprint density at radius 1 is 1.29 bits per heavy atom. The second-order valence-electron chi connectivity index (χ2n) is 4.27. The molecule has 0 spiro atoms. The van der Waals surface area contributed by atoms with Crippen LogP contribution in [-0.2, 0) is 4.79 Å². The zero-order valence-electron chi connectivity index (χ0n) is 9.36. The minimum atomic E-state index is -0.305. The molecule has 1 amide bonds. The van der Waals surface area contributed by atoms with Gasteiger partial charge in [-0.05, 0) is 43.5 Å². The van der Waals surface area contributed by atoms with Crippen LogP contribution >= 0.6 is 12.4 Å². The largest absolute Gasteiger partial charge is 0.328 e. The molecule has 1 fully saturated rings. The molecule has 1 saturated carbocycles. The number of hydrogen-bond acceptors (Lipinski definition) is 2. The molecule has 17 heavy (non-hydrogen) atoms. The number of benzene rings is 1. The van der Waals surface area contributed by atoms with Crippen molar-refractivity contribution in [2.75, 3.05) is 5.32 Å². The Morgan fingerprint density at radius 3 is 2.47 bits per heavy atom. The fraction of sp³-hybridized carbons (Fsp3) is 0.417. The maximum absolute atomic E-state index is 12.6. The first-order chi connectivity index (χ1) is 7.65. The first-order valence-electron chi connectivity index (χ1n) is 5.47. The molecule has 3 nitrogen and oxygen atoms in total. The molecule has 1 aromatic carbocycles. The number of amides is 1. The molecule has 0 radical (unpaired) electrons. The van der Waals surface area contributed by atoms with Crippen LogP contribution in [0, 0.1) is 11.7 Å². The van der Waals surface area contributed by atoms with Gasteiger partial charge in [0.2, 0.25) is 5.91 Å². The monoisotopic (exact) mass is 258 g/mol. The Hall–Kier alpha value is -1.13. The Labute approximate surface area is 106 Å². The van der Waals surface area contributed by atoms with Gasteiger partial charge >= 0.3 is 0 Å². The number of nitrogens with two attached hydrogens (primary N) is 1. The van der Waals surface area contributed by atoms with E-state index in [0.717, 1.165) is 19.3 Å². The third-order valence-corrected chi connectivity index (χ3v) is 2.96. The van der Waals surface area contributed by atoms with Crippen LogP contribution in [0.4, 0.5) is 10.1 Å². The Balaban J connectivity index is 0.00000144. The van der Waals surface area contributed by atoms with Gasteiger partial charge in [0.05, 0.1) is 0 Å². The standard InChI is InChI=1S/C12H15FN2O.ClH/c13-9-2-5-11(6-3-9)15-12(16)8-1-4-10(14)7-8;/h2-3,5-6,8,10H,1,4,7,14H2,(H,15,16);1H. The van der Waals surface area contributed by atoms with E-state index in [1.165, 1.54) is 12.1 Å². The van der Waals surface area contributed by atoms with Crippen LogP contribution in [0.3, 0.4) is 0 Å². The summed E-state index contributed by atoms with van der Waals surface area (Å²) in [5.41, 5.74) is 6.38. The summed E-state index contributed by atoms with van der Waals surface area (Å²) < 4.78 is 12.6. The highest BCUT2D eigenvalue weighted by Crippen LogP contribution is 2.25. The zero-order valence-corrected chi connectivity index (χ0v) is 10.2. The van der Waals surface area contributed by atoms with Gasteiger partial charge in [-0.1, -0.05) is 0 Å². The van der Waals surface area contributed by atoms with E-state index in [0.29, 0.717) is 5.69 Å². The normalized spacial score (nSPS) is 22.9. The van der Waals surface area contributed by atoms with Crippen molar-refractivity contribution < 1.29 is 9.18 Å². The summed E-state index contributed by atoms with van der Waals surface area (Å²) in [7, 11) is 0. The van der Waals surface area contributed by atoms with E-state index in [-0.39, 0.29) is 36.1 Å². The van der Waals surface area contributed by atoms with Gasteiger partial charge in [0.25, 0.3) is 0 Å². The molecule has 2 unspecified atom stereocenters. The zero-order chi connectivity index (χ0) is 11.5. The van der Waals surface area contributed by atoms with Crippen LogP contribution in [0.5, 0.6) is 0 Å². The van der Waals surface area contributed by atoms with Gasteiger partial charge in [-0.15, -0.1) is 12.4 Å². The van der Waals surface area contributed by atoms with Crippen molar-refractivity contribution in [1.29, 1.82) is 0 Å². The average molecular weight is 259 g/mol. The van der Waals surface area contributed by atoms with E-state index in [4.69, 9.17) is 5.73 Å². The average Bonchev–Trinajstić information content (AvgIpc) is 2.68. The molecule has 0 aromatic heterocycles. The van der Waals surface area contributed by atoms with Gasteiger partial charge in [-0.2, -0.15) is 0 Å². The number of rotatable bonds is 2. The fourth-order valence-corrected chi connectivity index (χ4v) is 2.03. The van der Waals surface area contributed by atoms with Crippen molar-refractivity contribution in [3.63, 3.8) is 0 Å². The fourth-order valence-electron chi connectivity index (χ4n) is 2.03. The van der Waals surface area contributed by atoms with Crippen molar-refractivity contribution in [3.8, 4) is 0 Å². The Morgan fingerprint density at radius 2 is 1.94 bits per heavy atom. The van der Waals surface area contributed by atoms with Gasteiger partial charge in [0.1, 0.15) is 5.82 Å². The highest BCUT2D eigenvalue weighted by atomic mass is 35.5. The van der Waals surface area contributed by atoms with E-state index in [1.54, 1.807) is 12.1 Å². The SMILES string of the molecule is Cl.NC1CCC(C(=O)Nc2ccc(F)cc2)C1. The molecule has 0 heterocycles. The van der Waals surface area contributed by atoms with Crippen molar-refractivity contribution in [3.05, 3.63) is 30.1 Å². The lowest BCUT2D eigenvalue weighted by Gasteiger charge is -2.10. The first kappa shape index (κ1) is 13.9. The van der Waals surface area contributed by atoms with Crippen LogP contribution < -0.4 is 11.1 Å². The van der Waals surface area contributed by atoms with E-state index in [2.05, 4.69) is 5.32 Å². The molecule has 0 bridgehead atoms. The molecule has 1 aliphatic carbocycles. The number of anilines is 1. The van der Waals surface area contributed by atoms with E-state index in [9.17, 15) is 9.18 Å². The summed E-state index contributed by atoms with van der Waals surface area (Å²) in [6.07, 6.45) is 2.49. The molecule has 2 atom stereocenters. The number of carbonyl (C=O) groups excluding carboxylic acids is 1. The maximum atomic E-state index is 12.6. The Bertz CT molecular complexity index is 383. The molecule has 0 aliphatic heterocycles. The van der Waals surface area contributed by atoms with Gasteiger partial charge in [-0.3, -0.25) is 4.79 Å². The minimum absolute atomic E-state index is 0. The van der Waals surface area contributed by atoms with Crippen LogP contribution in [0.2, 0.25) is 0 Å². The summed E-state index contributed by atoms with van der Waals surface area (Å²) in [4.78, 5) is 11.8. The predicted octanol–water partition coefficient (Wildman–Crippen LogP) is 2.31. The van der Waals surface area contributed by atoms with E-state index in [1.807, 2.05) is 0 Å². The summed E-state index contributed by atoms with van der Waals surface area (Å²) in [6.45, 7) is 0. The van der Waals surface area contributed by atoms with Crippen molar-refractivity contribution >= 4 is 24.0 Å². The molecule has 0 saturated heterocycles. The van der Waals surface area contributed by atoms with Crippen molar-refractivity contribution in [2.45, 2.75) is 25.3 Å². The summed E-state index contributed by atoms with van der Waals surface area (Å²) >= 11 is 0. The lowest BCUT2D eigenvalue weighted by molar-refractivity contribution is -0.119. The highest BCUT2D eigenvalue weighted by molar-refractivity contribution is 5.92. The molecule has 3 N–H and O–H groups in total. The lowest BCUT2D eigenvalue weighted by atomic mass is 10.1. The highest BCUT2D eigenvalue weighted by Gasteiger charge is 2.27. The molecular weight excluding hydrogens is 243 g/mol. The van der Waals surface area contributed by atoms with Gasteiger partial charge < -0.3 is 11.1 Å². The topological polar surface area (TPSA) is 55.1 Å². The van der Waals surface area contributed by atoms with Gasteiger partial charge in [0, 0.05) is 17.6 Å². The number of nitrogens with one attached hydrogen (secondary N) is 1. The van der Waals surface area contributed by atoms with Crippen molar-refractivity contribution in [2.24, 2.45) is 11.7 Å². The van der Waals surface area contributed by atoms with Crippen LogP contribution in [0.15, 0.2) is 24.3 Å². The predicted molar refractivity (Wildman–Crippen MR) is 67.6 cm³/mol. The number of carbonyl (C=O) groups is 1. The van der Waals surface area contributed by atoms with Gasteiger partial charge in [-0.25, -0.2) is 4.39 Å². The smallest absolute Gasteiger partial charge is 0.227 e. The number of hydrogen-bond donors (Lipinski definition) is 2. The molecule has 5 heteroatoms. The molecule has 1 aromatic rings. The third-order valence-electron chi connectivity index (χ3n) is 2.96. The molecule has 2 rings (SSSR count). The quantitative estimate of drug-likeness (QED) is 0.855. The summed E-state index contributed by atoms with van der Waals surface area (Å²) in [6, 6.07) is 5.92. The molecule has 94 valence electrons. The first-order valence-corrected chi connectivity index (χ1v) is 5.47. The summed E-state index contributed by atoms with van der Waals surface area (Å²) in [5.74, 6) is -0.319. The molecular formula is C12H16ClFN2O. The van der Waals surface area contributed by atoms with Gasteiger partial charge in [0.15, 0.2) is 0 Å². The minimum Gasteiger partial charge on any atom is -0.328 e. The maximum Gasteiger partial charge on any atom is 0.227 e. The Kier molecular flexibility index (Phi) is 4.90. The van der Waals surface area contributed by atoms with E-state index < -0.39 is 0 Å². The van der Waals surface area contributed by atoms with Crippen molar-refractivity contribution in [1.82, 2.24) is 0 Å². The second kappa shape index (κ2) is 5.98.